The molecule has 3 nitrogen and oxygen atoms in total. The molecule has 3 heteroatoms. The van der Waals surface area contributed by atoms with Gasteiger partial charge in [-0.25, -0.2) is 0 Å². The van der Waals surface area contributed by atoms with Crippen molar-refractivity contribution in [3.05, 3.63) is 58.7 Å². The molecule has 1 aliphatic rings. The standard InChI is InChI=1S/C28H41NO2/c1-7-18-29(19-17-21-11-13-23(14-12-21)28(2,3)4)20-22-9-8-10-25-24(22)15-16-26(30-5)27(25)31-6/h11-16,22H,7-10,17-20H2,1-6H3. The van der Waals surface area contributed by atoms with Crippen LogP contribution in [-0.2, 0) is 18.3 Å². The summed E-state index contributed by atoms with van der Waals surface area (Å²) in [6.45, 7) is 12.5. The summed E-state index contributed by atoms with van der Waals surface area (Å²) >= 11 is 0. The van der Waals surface area contributed by atoms with Crippen LogP contribution in [0.2, 0.25) is 0 Å². The molecule has 0 saturated heterocycles. The minimum atomic E-state index is 0.213. The Labute approximate surface area is 189 Å². The van der Waals surface area contributed by atoms with Crippen LogP contribution in [0.25, 0.3) is 0 Å². The number of rotatable bonds is 9. The second-order valence-corrected chi connectivity index (χ2v) is 9.96. The summed E-state index contributed by atoms with van der Waals surface area (Å²) in [6, 6.07) is 13.6. The zero-order valence-corrected chi connectivity index (χ0v) is 20.5. The van der Waals surface area contributed by atoms with Gasteiger partial charge in [0.25, 0.3) is 0 Å². The minimum absolute atomic E-state index is 0.213. The molecular formula is C28H41NO2. The molecule has 170 valence electrons. The zero-order valence-electron chi connectivity index (χ0n) is 20.5. The highest BCUT2D eigenvalue weighted by Gasteiger charge is 2.26. The van der Waals surface area contributed by atoms with E-state index in [0.29, 0.717) is 5.92 Å². The normalized spacial score (nSPS) is 16.3. The molecule has 0 bridgehead atoms. The average Bonchev–Trinajstić information content (AvgIpc) is 2.76. The number of hydrogen-bond acceptors (Lipinski definition) is 3. The van der Waals surface area contributed by atoms with Gasteiger partial charge in [-0.15, -0.1) is 0 Å². The number of benzene rings is 2. The summed E-state index contributed by atoms with van der Waals surface area (Å²) in [5.74, 6) is 2.36. The van der Waals surface area contributed by atoms with Crippen LogP contribution in [-0.4, -0.2) is 38.8 Å². The number of methoxy groups -OCH3 is 2. The van der Waals surface area contributed by atoms with E-state index in [4.69, 9.17) is 9.47 Å². The highest BCUT2D eigenvalue weighted by atomic mass is 16.5. The molecule has 0 spiro atoms. The summed E-state index contributed by atoms with van der Waals surface area (Å²) in [5, 5.41) is 0. The smallest absolute Gasteiger partial charge is 0.164 e. The maximum Gasteiger partial charge on any atom is 0.164 e. The SMILES string of the molecule is CCCN(CCc1ccc(C(C)(C)C)cc1)CC1CCCc2c1ccc(OC)c2OC. The molecule has 0 fully saturated rings. The van der Waals surface area contributed by atoms with Crippen molar-refractivity contribution in [2.75, 3.05) is 33.9 Å². The molecule has 0 amide bonds. The van der Waals surface area contributed by atoms with Crippen molar-refractivity contribution in [1.29, 1.82) is 0 Å². The highest BCUT2D eigenvalue weighted by molar-refractivity contribution is 5.53. The summed E-state index contributed by atoms with van der Waals surface area (Å²) in [6.07, 6.45) is 5.85. The zero-order chi connectivity index (χ0) is 22.4. The predicted molar refractivity (Wildman–Crippen MR) is 131 cm³/mol. The molecule has 3 rings (SSSR count). The fourth-order valence-corrected chi connectivity index (χ4v) is 4.90. The first kappa shape index (κ1) is 23.7. The lowest BCUT2D eigenvalue weighted by atomic mass is 9.81. The third-order valence-corrected chi connectivity index (χ3v) is 6.66. The average molecular weight is 424 g/mol. The van der Waals surface area contributed by atoms with Crippen molar-refractivity contribution in [3.8, 4) is 11.5 Å². The first-order valence-electron chi connectivity index (χ1n) is 11.9. The fraction of sp³-hybridized carbons (Fsp3) is 0.571. The Morgan fingerprint density at radius 1 is 0.968 bits per heavy atom. The number of nitrogens with zero attached hydrogens (tertiary/aromatic N) is 1. The molecule has 2 aromatic rings. The van der Waals surface area contributed by atoms with Crippen molar-refractivity contribution >= 4 is 0 Å². The first-order valence-corrected chi connectivity index (χ1v) is 11.9. The molecule has 2 aromatic carbocycles. The molecule has 0 saturated carbocycles. The third kappa shape index (κ3) is 5.83. The Bertz CT molecular complexity index is 835. The Morgan fingerprint density at radius 3 is 2.32 bits per heavy atom. The second kappa shape index (κ2) is 10.5. The summed E-state index contributed by atoms with van der Waals surface area (Å²) < 4.78 is 11.3. The third-order valence-electron chi connectivity index (χ3n) is 6.66. The summed E-state index contributed by atoms with van der Waals surface area (Å²) in [5.41, 5.74) is 5.87. The second-order valence-electron chi connectivity index (χ2n) is 9.96. The van der Waals surface area contributed by atoms with Gasteiger partial charge in [-0.2, -0.15) is 0 Å². The summed E-state index contributed by atoms with van der Waals surface area (Å²) in [7, 11) is 3.48. The Hall–Kier alpha value is -2.00. The van der Waals surface area contributed by atoms with Crippen molar-refractivity contribution < 1.29 is 9.47 Å². The minimum Gasteiger partial charge on any atom is -0.493 e. The van der Waals surface area contributed by atoms with Gasteiger partial charge in [0, 0.05) is 18.7 Å². The maximum atomic E-state index is 5.74. The Balaban J connectivity index is 1.70. The monoisotopic (exact) mass is 423 g/mol. The quantitative estimate of drug-likeness (QED) is 0.467. The lowest BCUT2D eigenvalue weighted by molar-refractivity contribution is 0.249. The van der Waals surface area contributed by atoms with Gasteiger partial charge in [0.15, 0.2) is 11.5 Å². The Kier molecular flexibility index (Phi) is 8.05. The van der Waals surface area contributed by atoms with Crippen LogP contribution in [0.5, 0.6) is 11.5 Å². The van der Waals surface area contributed by atoms with Crippen LogP contribution in [0.1, 0.15) is 75.1 Å². The van der Waals surface area contributed by atoms with Crippen molar-refractivity contribution in [2.24, 2.45) is 0 Å². The molecule has 1 aliphatic carbocycles. The van der Waals surface area contributed by atoms with E-state index in [2.05, 4.69) is 69.0 Å². The van der Waals surface area contributed by atoms with E-state index in [9.17, 15) is 0 Å². The van der Waals surface area contributed by atoms with Gasteiger partial charge in [-0.3, -0.25) is 0 Å². The maximum absolute atomic E-state index is 5.74. The fourth-order valence-electron chi connectivity index (χ4n) is 4.90. The molecule has 0 heterocycles. The molecule has 0 N–H and O–H groups in total. The van der Waals surface area contributed by atoms with Gasteiger partial charge in [0.2, 0.25) is 0 Å². The van der Waals surface area contributed by atoms with Crippen molar-refractivity contribution in [2.45, 2.75) is 71.1 Å². The molecule has 0 aliphatic heterocycles. The lowest BCUT2D eigenvalue weighted by Gasteiger charge is -2.32. The van der Waals surface area contributed by atoms with E-state index >= 15 is 0 Å². The van der Waals surface area contributed by atoms with Crippen LogP contribution in [0, 0.1) is 0 Å². The molecule has 1 atom stereocenters. The van der Waals surface area contributed by atoms with Crippen molar-refractivity contribution in [3.63, 3.8) is 0 Å². The summed E-state index contributed by atoms with van der Waals surface area (Å²) in [4.78, 5) is 2.66. The largest absolute Gasteiger partial charge is 0.493 e. The van der Waals surface area contributed by atoms with Crippen LogP contribution < -0.4 is 9.47 Å². The van der Waals surface area contributed by atoms with E-state index < -0.39 is 0 Å². The first-order chi connectivity index (χ1) is 14.9. The predicted octanol–water partition coefficient (Wildman–Crippen LogP) is 6.38. The van der Waals surface area contributed by atoms with Gasteiger partial charge in [-0.1, -0.05) is 58.0 Å². The number of hydrogen-bond donors (Lipinski definition) is 0. The number of fused-ring (bicyclic) bond motifs is 1. The molecule has 1 unspecified atom stereocenters. The van der Waals surface area contributed by atoms with Crippen LogP contribution in [0.15, 0.2) is 36.4 Å². The van der Waals surface area contributed by atoms with E-state index in [-0.39, 0.29) is 5.41 Å². The van der Waals surface area contributed by atoms with Gasteiger partial charge in [-0.05, 0) is 72.7 Å². The lowest BCUT2D eigenvalue weighted by Crippen LogP contribution is -2.32. The van der Waals surface area contributed by atoms with Crippen LogP contribution in [0.3, 0.4) is 0 Å². The van der Waals surface area contributed by atoms with Crippen molar-refractivity contribution in [1.82, 2.24) is 4.90 Å². The van der Waals surface area contributed by atoms with Gasteiger partial charge < -0.3 is 14.4 Å². The van der Waals surface area contributed by atoms with Gasteiger partial charge in [0.05, 0.1) is 14.2 Å². The molecule has 0 radical (unpaired) electrons. The van der Waals surface area contributed by atoms with E-state index in [1.54, 1.807) is 14.2 Å². The van der Waals surface area contributed by atoms with E-state index in [1.807, 2.05) is 0 Å². The van der Waals surface area contributed by atoms with Crippen LogP contribution in [0.4, 0.5) is 0 Å². The topological polar surface area (TPSA) is 21.7 Å². The van der Waals surface area contributed by atoms with Crippen LogP contribution >= 0.6 is 0 Å². The highest BCUT2D eigenvalue weighted by Crippen LogP contribution is 2.42. The van der Waals surface area contributed by atoms with Gasteiger partial charge in [0.1, 0.15) is 0 Å². The van der Waals surface area contributed by atoms with E-state index in [0.717, 1.165) is 44.0 Å². The molecule has 0 aromatic heterocycles. The number of ether oxygens (including phenoxy) is 2. The van der Waals surface area contributed by atoms with Gasteiger partial charge >= 0.3 is 0 Å². The van der Waals surface area contributed by atoms with E-state index in [1.165, 1.54) is 41.5 Å². The molecular weight excluding hydrogens is 382 g/mol. The Morgan fingerprint density at radius 2 is 1.71 bits per heavy atom. The molecule has 31 heavy (non-hydrogen) atoms.